The molecule has 0 bridgehead atoms. The minimum atomic E-state index is -0.371. The molecule has 4 fully saturated rings. The summed E-state index contributed by atoms with van der Waals surface area (Å²) < 4.78 is 0. The van der Waals surface area contributed by atoms with Crippen molar-refractivity contribution in [2.75, 3.05) is 0 Å². The van der Waals surface area contributed by atoms with Crippen LogP contribution in [0.3, 0.4) is 0 Å². The van der Waals surface area contributed by atoms with Crippen LogP contribution in [0, 0.1) is 46.8 Å². The number of fused-ring (bicyclic) bond motifs is 5. The standard InChI is InChI=1S/C25H42O2/c1-5-12-25(27)14-11-19-18(15-25)7-8-21-20(19)10-13-24(4)22(17(3)26)9-6-16(2)23(21)24/h16,18-23,27H,5-15H2,1-4H3/t16-,18-,19+,20-,21-,22?,23+,24-,25-/m1/s1. The Labute approximate surface area is 166 Å². The number of hydrogen-bond donors (Lipinski definition) is 1. The van der Waals surface area contributed by atoms with Crippen LogP contribution in [-0.2, 0) is 4.79 Å². The van der Waals surface area contributed by atoms with Crippen LogP contribution in [0.15, 0.2) is 0 Å². The van der Waals surface area contributed by atoms with E-state index in [1.54, 1.807) is 0 Å². The summed E-state index contributed by atoms with van der Waals surface area (Å²) in [6.07, 6.45) is 13.1. The van der Waals surface area contributed by atoms with E-state index < -0.39 is 0 Å². The van der Waals surface area contributed by atoms with Crippen LogP contribution in [0.2, 0.25) is 0 Å². The predicted molar refractivity (Wildman–Crippen MR) is 110 cm³/mol. The first-order valence-corrected chi connectivity index (χ1v) is 12.0. The molecule has 1 N–H and O–H groups in total. The van der Waals surface area contributed by atoms with Crippen LogP contribution in [0.25, 0.3) is 0 Å². The van der Waals surface area contributed by atoms with Crippen molar-refractivity contribution in [2.45, 2.75) is 104 Å². The molecule has 4 saturated carbocycles. The van der Waals surface area contributed by atoms with Crippen molar-refractivity contribution in [3.05, 3.63) is 0 Å². The van der Waals surface area contributed by atoms with Gasteiger partial charge in [-0.3, -0.25) is 4.79 Å². The first-order valence-electron chi connectivity index (χ1n) is 12.0. The number of carbonyl (C=O) groups is 1. The zero-order chi connectivity index (χ0) is 19.4. The molecule has 0 aromatic rings. The van der Waals surface area contributed by atoms with E-state index in [9.17, 15) is 9.90 Å². The molecular weight excluding hydrogens is 332 g/mol. The smallest absolute Gasteiger partial charge is 0.133 e. The Balaban J connectivity index is 1.56. The lowest BCUT2D eigenvalue weighted by molar-refractivity contribution is -0.157. The van der Waals surface area contributed by atoms with Crippen LogP contribution < -0.4 is 0 Å². The zero-order valence-electron chi connectivity index (χ0n) is 18.2. The van der Waals surface area contributed by atoms with Gasteiger partial charge in [-0.2, -0.15) is 0 Å². The summed E-state index contributed by atoms with van der Waals surface area (Å²) >= 11 is 0. The number of ketones is 1. The third kappa shape index (κ3) is 3.22. The fraction of sp³-hybridized carbons (Fsp3) is 0.960. The van der Waals surface area contributed by atoms with Crippen molar-refractivity contribution in [2.24, 2.45) is 46.8 Å². The maximum absolute atomic E-state index is 12.5. The zero-order valence-corrected chi connectivity index (χ0v) is 18.2. The summed E-state index contributed by atoms with van der Waals surface area (Å²) in [5, 5.41) is 11.0. The van der Waals surface area contributed by atoms with Crippen molar-refractivity contribution in [3.8, 4) is 0 Å². The van der Waals surface area contributed by atoms with Gasteiger partial charge in [-0.25, -0.2) is 0 Å². The molecule has 0 aliphatic heterocycles. The van der Waals surface area contributed by atoms with E-state index in [2.05, 4.69) is 20.8 Å². The quantitative estimate of drug-likeness (QED) is 0.656. The molecule has 9 atom stereocenters. The molecule has 0 aromatic heterocycles. The van der Waals surface area contributed by atoms with E-state index in [1.807, 2.05) is 6.92 Å². The minimum absolute atomic E-state index is 0.245. The Morgan fingerprint density at radius 3 is 2.44 bits per heavy atom. The molecule has 4 rings (SSSR count). The lowest BCUT2D eigenvalue weighted by atomic mass is 9.42. The van der Waals surface area contributed by atoms with Gasteiger partial charge in [0.25, 0.3) is 0 Å². The minimum Gasteiger partial charge on any atom is -0.390 e. The number of hydrogen-bond acceptors (Lipinski definition) is 2. The van der Waals surface area contributed by atoms with E-state index in [4.69, 9.17) is 0 Å². The summed E-state index contributed by atoms with van der Waals surface area (Å²) in [6, 6.07) is 0. The van der Waals surface area contributed by atoms with Crippen LogP contribution in [0.1, 0.15) is 98.3 Å². The highest BCUT2D eigenvalue weighted by Crippen LogP contribution is 2.64. The number of carbonyl (C=O) groups excluding carboxylic acids is 1. The van der Waals surface area contributed by atoms with Crippen LogP contribution in [0.4, 0.5) is 0 Å². The SMILES string of the molecule is CCC[C@@]1(O)CC[C@H]2[C@H](CC[C@@H]3[C@@H]2CC[C@]2(C)C(C(C)=O)CC[C@@H](C)[C@@H]32)C1. The number of Topliss-reactive ketones (excluding diaryl/α,β-unsaturated/α-hetero) is 1. The van der Waals surface area contributed by atoms with Crippen LogP contribution >= 0.6 is 0 Å². The largest absolute Gasteiger partial charge is 0.390 e. The summed E-state index contributed by atoms with van der Waals surface area (Å²) in [5.74, 6) is 5.56. The molecule has 0 saturated heterocycles. The van der Waals surface area contributed by atoms with Gasteiger partial charge in [-0.15, -0.1) is 0 Å². The van der Waals surface area contributed by atoms with Crippen molar-refractivity contribution >= 4 is 5.78 Å². The van der Waals surface area contributed by atoms with Gasteiger partial charge >= 0.3 is 0 Å². The second-order valence-corrected chi connectivity index (χ2v) is 11.3. The highest BCUT2D eigenvalue weighted by Gasteiger charge is 2.58. The average Bonchev–Trinajstić information content (AvgIpc) is 2.60. The molecule has 0 amide bonds. The second kappa shape index (κ2) is 7.15. The van der Waals surface area contributed by atoms with E-state index >= 15 is 0 Å². The first kappa shape index (κ1) is 19.9. The van der Waals surface area contributed by atoms with Crippen molar-refractivity contribution < 1.29 is 9.90 Å². The second-order valence-electron chi connectivity index (χ2n) is 11.3. The number of aliphatic hydroxyl groups is 1. The molecule has 2 nitrogen and oxygen atoms in total. The van der Waals surface area contributed by atoms with E-state index in [-0.39, 0.29) is 11.0 Å². The predicted octanol–water partition coefficient (Wildman–Crippen LogP) is 6.01. The molecular formula is C25H42O2. The molecule has 0 spiro atoms. The van der Waals surface area contributed by atoms with Crippen molar-refractivity contribution in [3.63, 3.8) is 0 Å². The Morgan fingerprint density at radius 2 is 1.74 bits per heavy atom. The molecule has 4 aliphatic rings. The molecule has 0 aromatic carbocycles. The lowest BCUT2D eigenvalue weighted by Crippen LogP contribution is -2.56. The highest BCUT2D eigenvalue weighted by atomic mass is 16.3. The summed E-state index contributed by atoms with van der Waals surface area (Å²) in [5.41, 5.74) is -0.126. The van der Waals surface area contributed by atoms with Gasteiger partial charge in [0.2, 0.25) is 0 Å². The van der Waals surface area contributed by atoms with Crippen molar-refractivity contribution in [1.82, 2.24) is 0 Å². The Kier molecular flexibility index (Phi) is 5.28. The van der Waals surface area contributed by atoms with Crippen LogP contribution in [0.5, 0.6) is 0 Å². The van der Waals surface area contributed by atoms with E-state index in [1.165, 1.54) is 38.5 Å². The fourth-order valence-corrected chi connectivity index (χ4v) is 9.02. The van der Waals surface area contributed by atoms with Crippen molar-refractivity contribution in [1.29, 1.82) is 0 Å². The van der Waals surface area contributed by atoms with Crippen LogP contribution in [-0.4, -0.2) is 16.5 Å². The number of rotatable bonds is 3. The molecule has 1 unspecified atom stereocenters. The molecule has 27 heavy (non-hydrogen) atoms. The van der Waals surface area contributed by atoms with Gasteiger partial charge in [-0.1, -0.05) is 27.2 Å². The third-order valence-corrected chi connectivity index (χ3v) is 9.93. The van der Waals surface area contributed by atoms with Gasteiger partial charge in [0, 0.05) is 5.92 Å². The molecule has 0 radical (unpaired) electrons. The lowest BCUT2D eigenvalue weighted by Gasteiger charge is -2.62. The summed E-state index contributed by atoms with van der Waals surface area (Å²) in [7, 11) is 0. The summed E-state index contributed by atoms with van der Waals surface area (Å²) in [6.45, 7) is 9.01. The summed E-state index contributed by atoms with van der Waals surface area (Å²) in [4.78, 5) is 12.5. The average molecular weight is 375 g/mol. The fourth-order valence-electron chi connectivity index (χ4n) is 9.02. The van der Waals surface area contributed by atoms with Gasteiger partial charge in [0.15, 0.2) is 0 Å². The molecule has 154 valence electrons. The maximum atomic E-state index is 12.5. The third-order valence-electron chi connectivity index (χ3n) is 9.93. The van der Waals surface area contributed by atoms with Gasteiger partial charge < -0.3 is 5.11 Å². The monoisotopic (exact) mass is 374 g/mol. The Bertz CT molecular complexity index is 571. The van der Waals surface area contributed by atoms with Gasteiger partial charge in [0.1, 0.15) is 5.78 Å². The topological polar surface area (TPSA) is 37.3 Å². The van der Waals surface area contributed by atoms with Gasteiger partial charge in [-0.05, 0) is 112 Å². The Hall–Kier alpha value is -0.370. The van der Waals surface area contributed by atoms with E-state index in [0.29, 0.717) is 11.7 Å². The molecule has 2 heteroatoms. The van der Waals surface area contributed by atoms with Gasteiger partial charge in [0.05, 0.1) is 5.60 Å². The first-order chi connectivity index (χ1) is 12.8. The molecule has 4 aliphatic carbocycles. The Morgan fingerprint density at radius 1 is 1.00 bits per heavy atom. The highest BCUT2D eigenvalue weighted by molar-refractivity contribution is 5.79. The normalized spacial score (nSPS) is 52.4. The molecule has 0 heterocycles. The maximum Gasteiger partial charge on any atom is 0.133 e. The van der Waals surface area contributed by atoms with E-state index in [0.717, 1.165) is 67.6 Å².